The molecule has 29 heavy (non-hydrogen) atoms. The van der Waals surface area contributed by atoms with Crippen LogP contribution in [0.4, 0.5) is 11.5 Å². The summed E-state index contributed by atoms with van der Waals surface area (Å²) in [5.41, 5.74) is 6.51. The normalized spacial score (nSPS) is 24.7. The van der Waals surface area contributed by atoms with Crippen molar-refractivity contribution in [2.75, 3.05) is 43.9 Å². The molecule has 1 aromatic carbocycles. The SMILES string of the molecule is C[C@@H]1C[C@@H](O)c2ncnc(N3CCC4(CC3)CNc3cccc(CN(C)C)c34)c21. The maximum Gasteiger partial charge on any atom is 0.135 e. The minimum atomic E-state index is -0.447. The Balaban J connectivity index is 1.43. The Hall–Kier alpha value is -2.18. The lowest BCUT2D eigenvalue weighted by Crippen LogP contribution is -2.45. The lowest BCUT2D eigenvalue weighted by molar-refractivity contribution is 0.170. The molecule has 0 amide bonds. The fourth-order valence-electron chi connectivity index (χ4n) is 5.73. The first-order valence-corrected chi connectivity index (χ1v) is 10.8. The van der Waals surface area contributed by atoms with Gasteiger partial charge in [0.2, 0.25) is 0 Å². The van der Waals surface area contributed by atoms with Crippen molar-refractivity contribution in [3.63, 3.8) is 0 Å². The van der Waals surface area contributed by atoms with Crippen molar-refractivity contribution in [3.8, 4) is 0 Å². The van der Waals surface area contributed by atoms with E-state index in [0.29, 0.717) is 5.92 Å². The number of aliphatic hydroxyl groups excluding tert-OH is 1. The van der Waals surface area contributed by atoms with Crippen LogP contribution in [0.15, 0.2) is 24.5 Å². The van der Waals surface area contributed by atoms with Gasteiger partial charge in [0.1, 0.15) is 12.1 Å². The summed E-state index contributed by atoms with van der Waals surface area (Å²) in [5.74, 6) is 1.36. The lowest BCUT2D eigenvalue weighted by Gasteiger charge is -2.41. The van der Waals surface area contributed by atoms with E-state index in [0.717, 1.165) is 62.5 Å². The molecule has 2 N–H and O–H groups in total. The minimum Gasteiger partial charge on any atom is -0.387 e. The Morgan fingerprint density at radius 2 is 2.03 bits per heavy atom. The third-order valence-electron chi connectivity index (χ3n) is 7.08. The Kier molecular flexibility index (Phi) is 4.51. The third-order valence-corrected chi connectivity index (χ3v) is 7.08. The highest BCUT2D eigenvalue weighted by atomic mass is 16.3. The van der Waals surface area contributed by atoms with Gasteiger partial charge in [-0.3, -0.25) is 0 Å². The van der Waals surface area contributed by atoms with Crippen molar-refractivity contribution in [1.29, 1.82) is 0 Å². The number of rotatable bonds is 3. The van der Waals surface area contributed by atoms with Gasteiger partial charge in [0.15, 0.2) is 0 Å². The highest BCUT2D eigenvalue weighted by molar-refractivity contribution is 5.64. The van der Waals surface area contributed by atoms with Gasteiger partial charge >= 0.3 is 0 Å². The van der Waals surface area contributed by atoms with Gasteiger partial charge in [-0.05, 0) is 56.5 Å². The van der Waals surface area contributed by atoms with Crippen LogP contribution in [0.1, 0.15) is 60.6 Å². The second-order valence-corrected chi connectivity index (χ2v) is 9.35. The molecule has 1 aliphatic carbocycles. The average molecular weight is 394 g/mol. The van der Waals surface area contributed by atoms with Gasteiger partial charge in [-0.2, -0.15) is 0 Å². The molecular weight excluding hydrogens is 362 g/mol. The maximum atomic E-state index is 10.3. The molecule has 3 heterocycles. The number of piperidine rings is 1. The molecule has 1 spiro atoms. The first-order chi connectivity index (χ1) is 14.0. The van der Waals surface area contributed by atoms with Crippen LogP contribution in [0, 0.1) is 0 Å². The molecule has 1 saturated heterocycles. The van der Waals surface area contributed by atoms with Gasteiger partial charge in [0.25, 0.3) is 0 Å². The largest absolute Gasteiger partial charge is 0.387 e. The van der Waals surface area contributed by atoms with E-state index >= 15 is 0 Å². The zero-order chi connectivity index (χ0) is 20.2. The number of nitrogens with one attached hydrogen (secondary N) is 1. The van der Waals surface area contributed by atoms with Crippen LogP contribution in [0.25, 0.3) is 0 Å². The van der Waals surface area contributed by atoms with Crippen LogP contribution in [0.3, 0.4) is 0 Å². The van der Waals surface area contributed by atoms with Crippen molar-refractivity contribution in [2.24, 2.45) is 0 Å². The van der Waals surface area contributed by atoms with E-state index in [4.69, 9.17) is 0 Å². The second kappa shape index (κ2) is 6.96. The Bertz CT molecular complexity index is 919. The Morgan fingerprint density at radius 1 is 1.24 bits per heavy atom. The van der Waals surface area contributed by atoms with Crippen molar-refractivity contribution in [1.82, 2.24) is 14.9 Å². The topological polar surface area (TPSA) is 64.5 Å². The quantitative estimate of drug-likeness (QED) is 0.836. The molecule has 1 fully saturated rings. The van der Waals surface area contributed by atoms with Gasteiger partial charge in [0, 0.05) is 42.8 Å². The van der Waals surface area contributed by atoms with Crippen molar-refractivity contribution >= 4 is 11.5 Å². The molecule has 2 aliphatic heterocycles. The molecule has 154 valence electrons. The van der Waals surface area contributed by atoms with Crippen molar-refractivity contribution < 1.29 is 5.11 Å². The van der Waals surface area contributed by atoms with E-state index in [1.165, 1.54) is 16.8 Å². The molecule has 0 bridgehead atoms. The first kappa shape index (κ1) is 18.8. The predicted octanol–water partition coefficient (Wildman–Crippen LogP) is 3.04. The Morgan fingerprint density at radius 3 is 2.79 bits per heavy atom. The van der Waals surface area contributed by atoms with Crippen molar-refractivity contribution in [3.05, 3.63) is 46.9 Å². The van der Waals surface area contributed by atoms with Crippen LogP contribution >= 0.6 is 0 Å². The van der Waals surface area contributed by atoms with Crippen LogP contribution in [0.2, 0.25) is 0 Å². The van der Waals surface area contributed by atoms with E-state index in [2.05, 4.69) is 64.3 Å². The highest BCUT2D eigenvalue weighted by Crippen LogP contribution is 2.48. The standard InChI is InChI=1S/C23H31N5O/c1-15-11-18(29)21-19(15)22(26-14-25-21)28-9-7-23(8-10-28)13-24-17-6-4-5-16(20(17)23)12-27(2)3/h4-6,14-15,18,24,29H,7-13H2,1-3H3/t15-,18-/m1/s1. The molecule has 2 atom stereocenters. The number of benzene rings is 1. The van der Waals surface area contributed by atoms with E-state index in [1.54, 1.807) is 6.33 Å². The zero-order valence-corrected chi connectivity index (χ0v) is 17.6. The Labute approximate surface area is 173 Å². The molecule has 6 nitrogen and oxygen atoms in total. The van der Waals surface area contributed by atoms with Crippen LogP contribution in [-0.4, -0.2) is 53.7 Å². The highest BCUT2D eigenvalue weighted by Gasteiger charge is 2.44. The summed E-state index contributed by atoms with van der Waals surface area (Å²) < 4.78 is 0. The summed E-state index contributed by atoms with van der Waals surface area (Å²) in [6.07, 6.45) is 4.17. The van der Waals surface area contributed by atoms with Gasteiger partial charge in [-0.1, -0.05) is 19.1 Å². The van der Waals surface area contributed by atoms with E-state index < -0.39 is 6.10 Å². The molecule has 0 saturated carbocycles. The molecular formula is C23H31N5O. The summed E-state index contributed by atoms with van der Waals surface area (Å²) in [4.78, 5) is 13.7. The summed E-state index contributed by atoms with van der Waals surface area (Å²) >= 11 is 0. The maximum absolute atomic E-state index is 10.3. The third kappa shape index (κ3) is 3.01. The van der Waals surface area contributed by atoms with Crippen molar-refractivity contribution in [2.45, 2.75) is 50.2 Å². The number of hydrogen-bond acceptors (Lipinski definition) is 6. The molecule has 6 heteroatoms. The van der Waals surface area contributed by atoms with E-state index in [9.17, 15) is 5.11 Å². The summed E-state index contributed by atoms with van der Waals surface area (Å²) in [6.45, 7) is 6.16. The average Bonchev–Trinajstić information content (AvgIpc) is 3.21. The number of anilines is 2. The smallest absolute Gasteiger partial charge is 0.135 e. The van der Waals surface area contributed by atoms with Crippen LogP contribution < -0.4 is 10.2 Å². The van der Waals surface area contributed by atoms with E-state index in [-0.39, 0.29) is 5.41 Å². The van der Waals surface area contributed by atoms with Gasteiger partial charge in [-0.25, -0.2) is 9.97 Å². The summed E-state index contributed by atoms with van der Waals surface area (Å²) in [6, 6.07) is 6.70. The molecule has 3 aliphatic rings. The number of aliphatic hydroxyl groups is 1. The molecule has 2 aromatic rings. The first-order valence-electron chi connectivity index (χ1n) is 10.8. The predicted molar refractivity (Wildman–Crippen MR) is 115 cm³/mol. The number of aromatic nitrogens is 2. The minimum absolute atomic E-state index is 0.208. The zero-order valence-electron chi connectivity index (χ0n) is 17.6. The molecule has 1 aromatic heterocycles. The van der Waals surface area contributed by atoms with Gasteiger partial charge < -0.3 is 20.2 Å². The molecule has 0 radical (unpaired) electrons. The monoisotopic (exact) mass is 393 g/mol. The van der Waals surface area contributed by atoms with Gasteiger partial charge in [0.05, 0.1) is 11.8 Å². The lowest BCUT2D eigenvalue weighted by atomic mass is 9.72. The summed E-state index contributed by atoms with van der Waals surface area (Å²) in [5, 5.41) is 14.0. The molecule has 0 unspecified atom stereocenters. The van der Waals surface area contributed by atoms with E-state index in [1.807, 2.05) is 0 Å². The fraction of sp³-hybridized carbons (Fsp3) is 0.565. The van der Waals surface area contributed by atoms with Crippen LogP contribution in [-0.2, 0) is 12.0 Å². The number of fused-ring (bicyclic) bond motifs is 3. The van der Waals surface area contributed by atoms with Crippen LogP contribution in [0.5, 0.6) is 0 Å². The van der Waals surface area contributed by atoms with Gasteiger partial charge in [-0.15, -0.1) is 0 Å². The molecule has 5 rings (SSSR count). The second-order valence-electron chi connectivity index (χ2n) is 9.35. The number of nitrogens with zero attached hydrogens (tertiary/aromatic N) is 4. The fourth-order valence-corrected chi connectivity index (χ4v) is 5.73. The number of hydrogen-bond donors (Lipinski definition) is 2. The summed E-state index contributed by atoms with van der Waals surface area (Å²) in [7, 11) is 4.28.